The molecule has 1 aromatic rings. The molecular weight excluding hydrogens is 340 g/mol. The van der Waals surface area contributed by atoms with E-state index in [1.54, 1.807) is 6.07 Å². The maximum atomic E-state index is 13.0. The number of primary amides is 1. The van der Waals surface area contributed by atoms with Crippen molar-refractivity contribution < 1.29 is 9.18 Å². The van der Waals surface area contributed by atoms with Gasteiger partial charge < -0.3 is 5.73 Å². The van der Waals surface area contributed by atoms with Crippen molar-refractivity contribution in [2.75, 3.05) is 0 Å². The van der Waals surface area contributed by atoms with Crippen LogP contribution in [0.2, 0.25) is 0 Å². The van der Waals surface area contributed by atoms with Gasteiger partial charge in [0.25, 0.3) is 5.91 Å². The fraction of sp³-hybridized carbons (Fsp3) is 0. The first-order valence-corrected chi connectivity index (χ1v) is 4.84. The lowest BCUT2D eigenvalue weighted by Gasteiger charge is -2.01. The standard InChI is InChI=1S/C7H4BrFINO/c8-4-1-3(10)2-5(9)6(4)7(11)12/h1-2H,(H2,11,12). The molecule has 0 aromatic heterocycles. The number of hydrogen-bond donors (Lipinski definition) is 1. The molecule has 0 saturated carbocycles. The average molecular weight is 344 g/mol. The van der Waals surface area contributed by atoms with E-state index in [2.05, 4.69) is 15.9 Å². The third kappa shape index (κ3) is 1.95. The normalized spacial score (nSPS) is 9.92. The van der Waals surface area contributed by atoms with Crippen LogP contribution in [0.3, 0.4) is 0 Å². The summed E-state index contributed by atoms with van der Waals surface area (Å²) in [5.41, 5.74) is 4.85. The minimum Gasteiger partial charge on any atom is -0.365 e. The highest BCUT2D eigenvalue weighted by Gasteiger charge is 2.12. The zero-order valence-electron chi connectivity index (χ0n) is 5.77. The first kappa shape index (κ1) is 9.91. The Bertz CT molecular complexity index is 319. The monoisotopic (exact) mass is 343 g/mol. The van der Waals surface area contributed by atoms with Crippen molar-refractivity contribution in [3.63, 3.8) is 0 Å². The summed E-state index contributed by atoms with van der Waals surface area (Å²) in [6, 6.07) is 2.88. The minimum absolute atomic E-state index is 0.101. The molecule has 0 heterocycles. The fourth-order valence-electron chi connectivity index (χ4n) is 0.778. The van der Waals surface area contributed by atoms with Crippen molar-refractivity contribution in [1.29, 1.82) is 0 Å². The maximum Gasteiger partial charge on any atom is 0.252 e. The van der Waals surface area contributed by atoms with E-state index in [1.807, 2.05) is 22.6 Å². The molecule has 1 rings (SSSR count). The van der Waals surface area contributed by atoms with Crippen LogP contribution in [0.1, 0.15) is 10.4 Å². The lowest BCUT2D eigenvalue weighted by atomic mass is 10.2. The molecule has 0 bridgehead atoms. The molecule has 0 atom stereocenters. The summed E-state index contributed by atoms with van der Waals surface area (Å²) in [4.78, 5) is 10.7. The summed E-state index contributed by atoms with van der Waals surface area (Å²) in [6.45, 7) is 0. The Labute approximate surface area is 90.6 Å². The number of nitrogens with two attached hydrogens (primary N) is 1. The summed E-state index contributed by atoms with van der Waals surface area (Å²) in [5.74, 6) is -1.36. The molecule has 2 N–H and O–H groups in total. The van der Waals surface area contributed by atoms with Gasteiger partial charge in [0, 0.05) is 8.04 Å². The predicted molar refractivity (Wildman–Crippen MR) is 55.3 cm³/mol. The third-order valence-corrected chi connectivity index (χ3v) is 2.50. The van der Waals surface area contributed by atoms with Crippen LogP contribution in [0.15, 0.2) is 16.6 Å². The summed E-state index contributed by atoms with van der Waals surface area (Å²) in [7, 11) is 0. The zero-order valence-corrected chi connectivity index (χ0v) is 9.52. The van der Waals surface area contributed by atoms with E-state index in [0.717, 1.165) is 0 Å². The Morgan fingerprint density at radius 1 is 1.58 bits per heavy atom. The Hall–Kier alpha value is -0.170. The molecule has 0 spiro atoms. The molecule has 0 aliphatic rings. The van der Waals surface area contributed by atoms with Crippen LogP contribution in [-0.4, -0.2) is 5.91 Å². The Kier molecular flexibility index (Phi) is 3.05. The molecule has 0 radical (unpaired) electrons. The van der Waals surface area contributed by atoms with Crippen LogP contribution in [-0.2, 0) is 0 Å². The van der Waals surface area contributed by atoms with Gasteiger partial charge in [-0.25, -0.2) is 4.39 Å². The van der Waals surface area contributed by atoms with Crippen LogP contribution in [0, 0.1) is 9.39 Å². The highest BCUT2D eigenvalue weighted by atomic mass is 127. The van der Waals surface area contributed by atoms with E-state index in [1.165, 1.54) is 6.07 Å². The van der Waals surface area contributed by atoms with Crippen molar-refractivity contribution in [3.05, 3.63) is 31.6 Å². The SMILES string of the molecule is NC(=O)c1c(F)cc(I)cc1Br. The smallest absolute Gasteiger partial charge is 0.252 e. The van der Waals surface area contributed by atoms with Gasteiger partial charge >= 0.3 is 0 Å². The molecule has 2 nitrogen and oxygen atoms in total. The van der Waals surface area contributed by atoms with Crippen LogP contribution >= 0.6 is 38.5 Å². The van der Waals surface area contributed by atoms with Gasteiger partial charge in [-0.2, -0.15) is 0 Å². The first-order chi connectivity index (χ1) is 5.52. The number of benzene rings is 1. The second-order valence-corrected chi connectivity index (χ2v) is 4.21. The van der Waals surface area contributed by atoms with Crippen molar-refractivity contribution >= 4 is 44.4 Å². The van der Waals surface area contributed by atoms with Gasteiger partial charge in [-0.1, -0.05) is 0 Å². The van der Waals surface area contributed by atoms with Gasteiger partial charge in [-0.3, -0.25) is 4.79 Å². The maximum absolute atomic E-state index is 13.0. The molecule has 64 valence electrons. The van der Waals surface area contributed by atoms with Gasteiger partial charge in [0.2, 0.25) is 0 Å². The van der Waals surface area contributed by atoms with Crippen molar-refractivity contribution in [2.45, 2.75) is 0 Å². The van der Waals surface area contributed by atoms with E-state index < -0.39 is 11.7 Å². The number of amides is 1. The lowest BCUT2D eigenvalue weighted by Crippen LogP contribution is -2.14. The molecular formula is C7H4BrFINO. The number of carbonyl (C=O) groups is 1. The minimum atomic E-state index is -0.768. The summed E-state index contributed by atoms with van der Waals surface area (Å²) in [6.07, 6.45) is 0. The second-order valence-electron chi connectivity index (χ2n) is 2.11. The van der Waals surface area contributed by atoms with Crippen molar-refractivity contribution in [3.8, 4) is 0 Å². The molecule has 0 fully saturated rings. The first-order valence-electron chi connectivity index (χ1n) is 2.96. The Balaban J connectivity index is 3.38. The van der Waals surface area contributed by atoms with Gasteiger partial charge in [-0.05, 0) is 50.7 Å². The van der Waals surface area contributed by atoms with E-state index in [9.17, 15) is 9.18 Å². The fourth-order valence-corrected chi connectivity index (χ4v) is 2.42. The molecule has 0 aliphatic carbocycles. The Morgan fingerprint density at radius 3 is 2.58 bits per heavy atom. The topological polar surface area (TPSA) is 43.1 Å². The van der Waals surface area contributed by atoms with Gasteiger partial charge in [0.1, 0.15) is 5.82 Å². The number of hydrogen-bond acceptors (Lipinski definition) is 1. The van der Waals surface area contributed by atoms with E-state index >= 15 is 0 Å². The molecule has 0 aliphatic heterocycles. The molecule has 1 aromatic carbocycles. The van der Waals surface area contributed by atoms with Crippen molar-refractivity contribution in [2.24, 2.45) is 5.73 Å². The quantitative estimate of drug-likeness (QED) is 0.781. The van der Waals surface area contributed by atoms with Gasteiger partial charge in [-0.15, -0.1) is 0 Å². The van der Waals surface area contributed by atoms with Crippen LogP contribution in [0.25, 0.3) is 0 Å². The van der Waals surface area contributed by atoms with E-state index in [0.29, 0.717) is 8.04 Å². The average Bonchev–Trinajstić information content (AvgIpc) is 1.82. The molecule has 5 heteroatoms. The third-order valence-electron chi connectivity index (χ3n) is 1.25. The predicted octanol–water partition coefficient (Wildman–Crippen LogP) is 2.29. The summed E-state index contributed by atoms with van der Waals surface area (Å²) in [5, 5.41) is 0. The number of rotatable bonds is 1. The molecule has 12 heavy (non-hydrogen) atoms. The van der Waals surface area contributed by atoms with E-state index in [-0.39, 0.29) is 5.56 Å². The van der Waals surface area contributed by atoms with Crippen molar-refractivity contribution in [1.82, 2.24) is 0 Å². The second kappa shape index (κ2) is 3.69. The van der Waals surface area contributed by atoms with Crippen LogP contribution in [0.4, 0.5) is 4.39 Å². The van der Waals surface area contributed by atoms with Crippen LogP contribution in [0.5, 0.6) is 0 Å². The Morgan fingerprint density at radius 2 is 2.17 bits per heavy atom. The molecule has 1 amide bonds. The summed E-state index contributed by atoms with van der Waals surface area (Å²) >= 11 is 5.00. The highest BCUT2D eigenvalue weighted by molar-refractivity contribution is 14.1. The molecule has 0 unspecified atom stereocenters. The van der Waals surface area contributed by atoms with E-state index in [4.69, 9.17) is 5.73 Å². The number of carbonyl (C=O) groups excluding carboxylic acids is 1. The van der Waals surface area contributed by atoms with Gasteiger partial charge in [0.15, 0.2) is 0 Å². The lowest BCUT2D eigenvalue weighted by molar-refractivity contribution is 0.0995. The largest absolute Gasteiger partial charge is 0.365 e. The molecule has 0 saturated heterocycles. The van der Waals surface area contributed by atoms with Crippen LogP contribution < -0.4 is 5.73 Å². The highest BCUT2D eigenvalue weighted by Crippen LogP contribution is 2.22. The number of halogens is 3. The van der Waals surface area contributed by atoms with Gasteiger partial charge in [0.05, 0.1) is 5.56 Å². The zero-order chi connectivity index (χ0) is 9.30. The summed E-state index contributed by atoms with van der Waals surface area (Å²) < 4.78 is 14.1.